The summed E-state index contributed by atoms with van der Waals surface area (Å²) in [6, 6.07) is 4.05. The third-order valence-corrected chi connectivity index (χ3v) is 17.3. The van der Waals surface area contributed by atoms with Crippen molar-refractivity contribution in [2.24, 2.45) is 46.3 Å². The highest BCUT2D eigenvalue weighted by atomic mass is 127. The Bertz CT molecular complexity index is 1340. The van der Waals surface area contributed by atoms with Gasteiger partial charge in [0.15, 0.2) is 0 Å². The van der Waals surface area contributed by atoms with Crippen LogP contribution < -0.4 is 5.32 Å². The lowest BCUT2D eigenvalue weighted by molar-refractivity contribution is -0.151. The number of carbonyl (C=O) groups excluding carboxylic acids is 2. The topological polar surface area (TPSA) is 55.4 Å². The molecular weight excluding hydrogens is 947 g/mol. The van der Waals surface area contributed by atoms with E-state index in [2.05, 4.69) is 120 Å². The number of nitrogens with one attached hydrogen (secondary N) is 1. The van der Waals surface area contributed by atoms with E-state index in [4.69, 9.17) is 4.74 Å². The monoisotopic (exact) mass is 1010 g/mol. The van der Waals surface area contributed by atoms with Gasteiger partial charge in [-0.1, -0.05) is 84.8 Å². The van der Waals surface area contributed by atoms with Crippen LogP contribution in [0.5, 0.6) is 0 Å². The molecule has 1 aromatic rings. The number of amides is 1. The second-order valence-electron chi connectivity index (χ2n) is 17.2. The summed E-state index contributed by atoms with van der Waals surface area (Å²) in [4.78, 5) is 25.5. The molecule has 0 aromatic heterocycles. The summed E-state index contributed by atoms with van der Waals surface area (Å²) in [7, 11) is 0. The van der Waals surface area contributed by atoms with Crippen LogP contribution in [0, 0.1) is 57.0 Å². The zero-order valence-corrected chi connectivity index (χ0v) is 37.3. The minimum absolute atomic E-state index is 0.00942. The van der Waals surface area contributed by atoms with Crippen LogP contribution in [-0.4, -0.2) is 24.5 Å². The molecule has 3 fully saturated rings. The quantitative estimate of drug-likeness (QED) is 0.0626. The molecule has 0 aliphatic heterocycles. The van der Waals surface area contributed by atoms with E-state index in [9.17, 15) is 9.59 Å². The summed E-state index contributed by atoms with van der Waals surface area (Å²) in [6.45, 7) is 13.3. The maximum absolute atomic E-state index is 12.9. The van der Waals surface area contributed by atoms with Gasteiger partial charge in [0, 0.05) is 30.1 Å². The molecule has 0 bridgehead atoms. The summed E-state index contributed by atoms with van der Waals surface area (Å²) < 4.78 is 9.31. The van der Waals surface area contributed by atoms with Crippen LogP contribution >= 0.6 is 67.8 Å². The molecule has 1 aromatic carbocycles. The Morgan fingerprint density at radius 3 is 2.43 bits per heavy atom. The Kier molecular flexibility index (Phi) is 14.8. The highest BCUT2D eigenvalue weighted by Crippen LogP contribution is 2.67. The number of benzene rings is 1. The highest BCUT2D eigenvalue weighted by molar-refractivity contribution is 14.1. The molecule has 4 aliphatic carbocycles. The number of hydrogen-bond acceptors (Lipinski definition) is 3. The zero-order valence-electron chi connectivity index (χ0n) is 30.9. The Morgan fingerprint density at radius 2 is 1.65 bits per heavy atom. The SMILES string of the molecule is CC(C)CCC[C@@H](C)[C@H]1CCC2C3CC=C4C[C@@H](OC(=O)CCCCCCCNC(=O)c5cc(I)cc(I)c5I)CC[C@]4(C)C3CC[C@@]21C. The normalized spacial score (nSPS) is 31.4. The second kappa shape index (κ2) is 17.9. The summed E-state index contributed by atoms with van der Waals surface area (Å²) in [6.07, 6.45) is 22.5. The molecular formula is C42H62I3NO3. The second-order valence-corrected chi connectivity index (χ2v) is 20.7. The highest BCUT2D eigenvalue weighted by Gasteiger charge is 2.59. The standard InChI is InChI=1S/C42H62I3NO3/c1-27(2)12-11-13-28(3)34-17-18-35-32-16-15-29-24-31(19-21-41(29,4)36(32)20-22-42(34,35)5)49-38(47)14-9-7-6-8-10-23-46-40(48)33-25-30(43)26-37(44)39(33)45/h15,25-28,31-32,34-36H,6-14,16-24H2,1-5H3,(H,46,48)/t28-,31+,32?,34-,35?,36?,41+,42-/m1/s1. The minimum atomic E-state index is -0.00942. The van der Waals surface area contributed by atoms with E-state index >= 15 is 0 Å². The number of ether oxygens (including phenoxy) is 1. The Labute approximate surface area is 339 Å². The lowest BCUT2D eigenvalue weighted by atomic mass is 9.47. The van der Waals surface area contributed by atoms with Crippen molar-refractivity contribution in [1.82, 2.24) is 5.32 Å². The van der Waals surface area contributed by atoms with E-state index in [0.717, 1.165) is 96.7 Å². The average Bonchev–Trinajstić information content (AvgIpc) is 3.41. The average molecular weight is 1010 g/mol. The van der Waals surface area contributed by atoms with Gasteiger partial charge in [-0.3, -0.25) is 9.59 Å². The van der Waals surface area contributed by atoms with Gasteiger partial charge in [0.2, 0.25) is 0 Å². The van der Waals surface area contributed by atoms with Gasteiger partial charge in [0.1, 0.15) is 6.10 Å². The van der Waals surface area contributed by atoms with Crippen LogP contribution in [0.25, 0.3) is 0 Å². The fraction of sp³-hybridized carbons (Fsp3) is 0.762. The molecule has 7 heteroatoms. The van der Waals surface area contributed by atoms with Crippen molar-refractivity contribution in [2.75, 3.05) is 6.54 Å². The van der Waals surface area contributed by atoms with Crippen LogP contribution in [0.1, 0.15) is 154 Å². The molecule has 0 radical (unpaired) electrons. The molecule has 3 saturated carbocycles. The van der Waals surface area contributed by atoms with Crippen molar-refractivity contribution in [3.05, 3.63) is 40.1 Å². The van der Waals surface area contributed by atoms with E-state index in [1.165, 1.54) is 57.8 Å². The fourth-order valence-electron chi connectivity index (χ4n) is 10.9. The van der Waals surface area contributed by atoms with Gasteiger partial charge in [-0.15, -0.1) is 0 Å². The van der Waals surface area contributed by atoms with Crippen molar-refractivity contribution in [3.8, 4) is 0 Å². The van der Waals surface area contributed by atoms with E-state index in [1.54, 1.807) is 5.57 Å². The van der Waals surface area contributed by atoms with Gasteiger partial charge in [0.05, 0.1) is 5.56 Å². The number of halogens is 3. The molecule has 8 atom stereocenters. The lowest BCUT2D eigenvalue weighted by Gasteiger charge is -2.58. The molecule has 0 heterocycles. The molecule has 4 nitrogen and oxygen atoms in total. The first kappa shape index (κ1) is 40.3. The van der Waals surface area contributed by atoms with Gasteiger partial charge in [-0.05, 0) is 184 Å². The fourth-order valence-corrected chi connectivity index (χ4v) is 13.3. The molecule has 1 amide bonds. The molecule has 49 heavy (non-hydrogen) atoms. The number of rotatable bonds is 15. The van der Waals surface area contributed by atoms with Crippen molar-refractivity contribution in [3.63, 3.8) is 0 Å². The minimum Gasteiger partial charge on any atom is -0.462 e. The molecule has 0 spiro atoms. The maximum atomic E-state index is 12.9. The first-order valence-electron chi connectivity index (χ1n) is 19.6. The predicted octanol–water partition coefficient (Wildman–Crippen LogP) is 12.5. The van der Waals surface area contributed by atoms with Crippen LogP contribution in [0.4, 0.5) is 0 Å². The van der Waals surface area contributed by atoms with E-state index in [-0.39, 0.29) is 18.0 Å². The van der Waals surface area contributed by atoms with Gasteiger partial charge in [-0.2, -0.15) is 0 Å². The Hall–Kier alpha value is 0.0900. The third kappa shape index (κ3) is 9.61. The van der Waals surface area contributed by atoms with Crippen molar-refractivity contribution >= 4 is 79.6 Å². The first-order valence-corrected chi connectivity index (χ1v) is 22.9. The number of esters is 1. The van der Waals surface area contributed by atoms with Gasteiger partial charge >= 0.3 is 5.97 Å². The molecule has 3 unspecified atom stereocenters. The van der Waals surface area contributed by atoms with E-state index in [1.807, 2.05) is 6.07 Å². The Morgan fingerprint density at radius 1 is 0.898 bits per heavy atom. The molecule has 1 N–H and O–H groups in total. The van der Waals surface area contributed by atoms with Crippen LogP contribution in [-0.2, 0) is 9.53 Å². The summed E-state index contributed by atoms with van der Waals surface area (Å²) in [5, 5.41) is 3.08. The largest absolute Gasteiger partial charge is 0.462 e. The van der Waals surface area contributed by atoms with Gasteiger partial charge < -0.3 is 10.1 Å². The number of unbranched alkanes of at least 4 members (excludes halogenated alkanes) is 4. The molecule has 5 rings (SSSR count). The summed E-state index contributed by atoms with van der Waals surface area (Å²) in [5.41, 5.74) is 3.20. The lowest BCUT2D eigenvalue weighted by Crippen LogP contribution is -2.51. The van der Waals surface area contributed by atoms with Crippen LogP contribution in [0.3, 0.4) is 0 Å². The maximum Gasteiger partial charge on any atom is 0.306 e. The molecule has 0 saturated heterocycles. The zero-order chi connectivity index (χ0) is 35.3. The summed E-state index contributed by atoms with van der Waals surface area (Å²) in [5.74, 6) is 5.13. The van der Waals surface area contributed by atoms with E-state index in [0.29, 0.717) is 23.8 Å². The summed E-state index contributed by atoms with van der Waals surface area (Å²) >= 11 is 6.81. The Balaban J connectivity index is 1.01. The van der Waals surface area contributed by atoms with Crippen molar-refractivity contribution in [2.45, 2.75) is 150 Å². The van der Waals surface area contributed by atoms with Gasteiger partial charge in [0.25, 0.3) is 5.91 Å². The first-order chi connectivity index (χ1) is 23.3. The van der Waals surface area contributed by atoms with Crippen molar-refractivity contribution < 1.29 is 14.3 Å². The molecule has 274 valence electrons. The van der Waals surface area contributed by atoms with Crippen molar-refractivity contribution in [1.29, 1.82) is 0 Å². The predicted molar refractivity (Wildman–Crippen MR) is 228 cm³/mol. The van der Waals surface area contributed by atoms with E-state index < -0.39 is 0 Å². The van der Waals surface area contributed by atoms with Crippen LogP contribution in [0.15, 0.2) is 23.8 Å². The number of allylic oxidation sites excluding steroid dienone is 1. The van der Waals surface area contributed by atoms with Gasteiger partial charge in [-0.25, -0.2) is 0 Å². The smallest absolute Gasteiger partial charge is 0.306 e. The molecule has 4 aliphatic rings. The number of fused-ring (bicyclic) bond motifs is 5. The van der Waals surface area contributed by atoms with Crippen LogP contribution in [0.2, 0.25) is 0 Å². The number of carbonyl (C=O) groups is 2. The third-order valence-electron chi connectivity index (χ3n) is 13.6. The number of hydrogen-bond donors (Lipinski definition) is 1.